The van der Waals surface area contributed by atoms with Gasteiger partial charge in [0, 0.05) is 19.2 Å². The maximum atomic E-state index is 5.64. The minimum Gasteiger partial charge on any atom is -0.496 e. The molecule has 0 aliphatic rings. The van der Waals surface area contributed by atoms with Crippen LogP contribution in [0.5, 0.6) is 11.5 Å². The van der Waals surface area contributed by atoms with Crippen LogP contribution in [0.2, 0.25) is 0 Å². The lowest BCUT2D eigenvalue weighted by atomic mass is 10.0. The van der Waals surface area contributed by atoms with Gasteiger partial charge in [-0.2, -0.15) is 0 Å². The molecule has 4 heteroatoms. The van der Waals surface area contributed by atoms with E-state index in [2.05, 4.69) is 25.8 Å². The summed E-state index contributed by atoms with van der Waals surface area (Å²) < 4.78 is 11.0. The van der Waals surface area contributed by atoms with E-state index in [1.165, 1.54) is 0 Å². The van der Waals surface area contributed by atoms with Crippen LogP contribution in [0.1, 0.15) is 24.5 Å². The number of hydrogen-bond acceptors (Lipinski definition) is 4. The average Bonchev–Trinajstić information content (AvgIpc) is 2.41. The van der Waals surface area contributed by atoms with Crippen LogP contribution in [0.25, 0.3) is 0 Å². The maximum Gasteiger partial charge on any atom is 0.145 e. The smallest absolute Gasteiger partial charge is 0.145 e. The normalized spacial score (nSPS) is 12.2. The molecule has 0 aliphatic heterocycles. The molecule has 0 aliphatic carbocycles. The number of benzene rings is 1. The molecule has 0 amide bonds. The highest BCUT2D eigenvalue weighted by Gasteiger charge is 2.19. The van der Waals surface area contributed by atoms with Crippen molar-refractivity contribution in [2.45, 2.75) is 33.2 Å². The molecule has 0 fully saturated rings. The first-order valence-corrected chi connectivity index (χ1v) is 6.62. The average molecular weight is 266 g/mol. The fourth-order valence-corrected chi connectivity index (χ4v) is 2.25. The summed E-state index contributed by atoms with van der Waals surface area (Å²) in [7, 11) is 5.47. The SMILES string of the molecule is COc1cc(N(C)C(C)CCN)c(OC)c(C)c1C. The Kier molecular flexibility index (Phi) is 5.48. The maximum absolute atomic E-state index is 5.64. The van der Waals surface area contributed by atoms with Crippen molar-refractivity contribution < 1.29 is 9.47 Å². The summed E-state index contributed by atoms with van der Waals surface area (Å²) in [5.74, 6) is 1.80. The van der Waals surface area contributed by atoms with Gasteiger partial charge in [-0.15, -0.1) is 0 Å². The van der Waals surface area contributed by atoms with Crippen LogP contribution in [0.3, 0.4) is 0 Å². The molecule has 1 aromatic carbocycles. The lowest BCUT2D eigenvalue weighted by Crippen LogP contribution is -2.31. The van der Waals surface area contributed by atoms with Gasteiger partial charge in [0.15, 0.2) is 0 Å². The molecule has 1 atom stereocenters. The number of methoxy groups -OCH3 is 2. The summed E-state index contributed by atoms with van der Waals surface area (Å²) in [5, 5.41) is 0. The molecule has 4 nitrogen and oxygen atoms in total. The number of ether oxygens (including phenoxy) is 2. The topological polar surface area (TPSA) is 47.7 Å². The Bertz CT molecular complexity index is 433. The minimum atomic E-state index is 0.353. The molecule has 2 N–H and O–H groups in total. The van der Waals surface area contributed by atoms with Crippen LogP contribution >= 0.6 is 0 Å². The van der Waals surface area contributed by atoms with E-state index in [4.69, 9.17) is 15.2 Å². The first-order valence-electron chi connectivity index (χ1n) is 6.62. The van der Waals surface area contributed by atoms with Crippen molar-refractivity contribution in [3.05, 3.63) is 17.2 Å². The van der Waals surface area contributed by atoms with Gasteiger partial charge in [0.1, 0.15) is 11.5 Å². The Balaban J connectivity index is 3.28. The summed E-state index contributed by atoms with van der Waals surface area (Å²) in [4.78, 5) is 2.20. The van der Waals surface area contributed by atoms with Crippen molar-refractivity contribution in [2.24, 2.45) is 5.73 Å². The lowest BCUT2D eigenvalue weighted by molar-refractivity contribution is 0.397. The quantitative estimate of drug-likeness (QED) is 0.859. The highest BCUT2D eigenvalue weighted by molar-refractivity contribution is 5.67. The number of nitrogens with zero attached hydrogens (tertiary/aromatic N) is 1. The highest BCUT2D eigenvalue weighted by atomic mass is 16.5. The van der Waals surface area contributed by atoms with Crippen LogP contribution in [0.15, 0.2) is 6.07 Å². The summed E-state index contributed by atoms with van der Waals surface area (Å²) in [6.07, 6.45) is 0.939. The monoisotopic (exact) mass is 266 g/mol. The Morgan fingerprint density at radius 3 is 2.32 bits per heavy atom. The van der Waals surface area contributed by atoms with Crippen LogP contribution < -0.4 is 20.1 Å². The first-order chi connectivity index (χ1) is 8.97. The fraction of sp³-hybridized carbons (Fsp3) is 0.600. The molecule has 0 aromatic heterocycles. The van der Waals surface area contributed by atoms with E-state index in [9.17, 15) is 0 Å². The molecule has 19 heavy (non-hydrogen) atoms. The molecule has 1 aromatic rings. The van der Waals surface area contributed by atoms with Gasteiger partial charge in [0.25, 0.3) is 0 Å². The third kappa shape index (κ3) is 3.13. The number of anilines is 1. The van der Waals surface area contributed by atoms with Gasteiger partial charge in [-0.1, -0.05) is 0 Å². The Hall–Kier alpha value is -1.42. The summed E-state index contributed by atoms with van der Waals surface area (Å²) in [5.41, 5.74) is 8.92. The zero-order valence-electron chi connectivity index (χ0n) is 12.9. The molecule has 0 heterocycles. The summed E-state index contributed by atoms with van der Waals surface area (Å²) in [6, 6.07) is 2.39. The van der Waals surface area contributed by atoms with Crippen LogP contribution in [-0.4, -0.2) is 33.9 Å². The van der Waals surface area contributed by atoms with Crippen molar-refractivity contribution in [1.29, 1.82) is 0 Å². The van der Waals surface area contributed by atoms with E-state index in [1.54, 1.807) is 14.2 Å². The number of rotatable bonds is 6. The molecule has 1 unspecified atom stereocenters. The van der Waals surface area contributed by atoms with Crippen LogP contribution in [0.4, 0.5) is 5.69 Å². The molecule has 0 spiro atoms. The lowest BCUT2D eigenvalue weighted by Gasteiger charge is -2.30. The molecule has 0 saturated heterocycles. The largest absolute Gasteiger partial charge is 0.496 e. The van der Waals surface area contributed by atoms with Crippen molar-refractivity contribution in [1.82, 2.24) is 0 Å². The van der Waals surface area contributed by atoms with Crippen molar-refractivity contribution in [2.75, 3.05) is 32.7 Å². The van der Waals surface area contributed by atoms with Crippen molar-refractivity contribution in [3.63, 3.8) is 0 Å². The summed E-state index contributed by atoms with van der Waals surface area (Å²) >= 11 is 0. The number of nitrogens with two attached hydrogens (primary N) is 1. The Morgan fingerprint density at radius 1 is 1.21 bits per heavy atom. The predicted molar refractivity (Wildman–Crippen MR) is 80.6 cm³/mol. The second-order valence-corrected chi connectivity index (χ2v) is 4.92. The zero-order valence-corrected chi connectivity index (χ0v) is 12.9. The van der Waals surface area contributed by atoms with Gasteiger partial charge < -0.3 is 20.1 Å². The Labute approximate surface area is 116 Å². The van der Waals surface area contributed by atoms with E-state index >= 15 is 0 Å². The molecular weight excluding hydrogens is 240 g/mol. The summed E-state index contributed by atoms with van der Waals surface area (Å²) in [6.45, 7) is 6.94. The van der Waals surface area contributed by atoms with Gasteiger partial charge in [0.05, 0.1) is 19.9 Å². The van der Waals surface area contributed by atoms with E-state index in [-0.39, 0.29) is 0 Å². The van der Waals surface area contributed by atoms with Crippen LogP contribution in [-0.2, 0) is 0 Å². The van der Waals surface area contributed by atoms with Gasteiger partial charge in [-0.25, -0.2) is 0 Å². The van der Waals surface area contributed by atoms with E-state index in [1.807, 2.05) is 13.0 Å². The van der Waals surface area contributed by atoms with Crippen molar-refractivity contribution in [3.8, 4) is 11.5 Å². The second-order valence-electron chi connectivity index (χ2n) is 4.92. The van der Waals surface area contributed by atoms with Gasteiger partial charge in [-0.3, -0.25) is 0 Å². The van der Waals surface area contributed by atoms with Gasteiger partial charge in [-0.05, 0) is 44.9 Å². The highest BCUT2D eigenvalue weighted by Crippen LogP contribution is 2.39. The molecular formula is C15H26N2O2. The molecule has 0 bridgehead atoms. The second kappa shape index (κ2) is 6.66. The number of hydrogen-bond donors (Lipinski definition) is 1. The molecule has 0 saturated carbocycles. The van der Waals surface area contributed by atoms with E-state index < -0.39 is 0 Å². The standard InChI is InChI=1S/C15H26N2O2/c1-10(7-8-16)17(4)13-9-14(18-5)11(2)12(3)15(13)19-6/h9-10H,7-8,16H2,1-6H3. The Morgan fingerprint density at radius 2 is 1.84 bits per heavy atom. The van der Waals surface area contributed by atoms with Crippen LogP contribution in [0, 0.1) is 13.8 Å². The first kappa shape index (κ1) is 15.6. The predicted octanol–water partition coefficient (Wildman–Crippen LogP) is 2.49. The molecule has 108 valence electrons. The zero-order chi connectivity index (χ0) is 14.6. The van der Waals surface area contributed by atoms with Gasteiger partial charge >= 0.3 is 0 Å². The van der Waals surface area contributed by atoms with Gasteiger partial charge in [0.2, 0.25) is 0 Å². The third-order valence-electron chi connectivity index (χ3n) is 3.82. The molecule has 0 radical (unpaired) electrons. The fourth-order valence-electron chi connectivity index (χ4n) is 2.25. The third-order valence-corrected chi connectivity index (χ3v) is 3.82. The minimum absolute atomic E-state index is 0.353. The van der Waals surface area contributed by atoms with Crippen molar-refractivity contribution >= 4 is 5.69 Å². The van der Waals surface area contributed by atoms with E-state index in [0.717, 1.165) is 34.7 Å². The molecule has 1 rings (SSSR count). The van der Waals surface area contributed by atoms with E-state index in [0.29, 0.717) is 12.6 Å².